The maximum absolute atomic E-state index is 11.6. The van der Waals surface area contributed by atoms with Crippen LogP contribution in [-0.2, 0) is 9.59 Å². The van der Waals surface area contributed by atoms with Gasteiger partial charge in [-0.05, 0) is 0 Å². The lowest BCUT2D eigenvalue weighted by Crippen LogP contribution is -2.57. The molecule has 5 heteroatoms. The summed E-state index contributed by atoms with van der Waals surface area (Å²) in [6, 6.07) is 0. The summed E-state index contributed by atoms with van der Waals surface area (Å²) in [6.07, 6.45) is 1.56. The lowest BCUT2D eigenvalue weighted by molar-refractivity contribution is -0.158. The summed E-state index contributed by atoms with van der Waals surface area (Å²) in [7, 11) is 0. The van der Waals surface area contributed by atoms with Crippen molar-refractivity contribution >= 4 is 17.9 Å². The summed E-state index contributed by atoms with van der Waals surface area (Å²) in [4.78, 5) is 27.1. The van der Waals surface area contributed by atoms with Gasteiger partial charge >= 0.3 is 0 Å². The van der Waals surface area contributed by atoms with E-state index in [9.17, 15) is 14.8 Å². The Morgan fingerprint density at radius 1 is 1.43 bits per heavy atom. The van der Waals surface area contributed by atoms with Crippen molar-refractivity contribution in [3.05, 3.63) is 0 Å². The van der Waals surface area contributed by atoms with Gasteiger partial charge in [-0.1, -0.05) is 13.8 Å². The van der Waals surface area contributed by atoms with E-state index in [4.69, 9.17) is 0 Å². The first kappa shape index (κ1) is 10.8. The van der Waals surface area contributed by atoms with Crippen LogP contribution in [0.4, 0.5) is 0 Å². The van der Waals surface area contributed by atoms with Crippen molar-refractivity contribution in [2.24, 2.45) is 4.99 Å². The summed E-state index contributed by atoms with van der Waals surface area (Å²) < 4.78 is 0. The molecule has 1 rings (SSSR count). The normalized spacial score (nSPS) is 18.6. The summed E-state index contributed by atoms with van der Waals surface area (Å²) in [6.45, 7) is 3.36. The lowest BCUT2D eigenvalue weighted by Gasteiger charge is -2.29. The maximum Gasteiger partial charge on any atom is 0.203 e. The molecular weight excluding hydrogens is 184 g/mol. The van der Waals surface area contributed by atoms with Crippen LogP contribution in [0.15, 0.2) is 4.99 Å². The smallest absolute Gasteiger partial charge is 0.203 e. The summed E-state index contributed by atoms with van der Waals surface area (Å²) in [5.41, 5.74) is -1.44. The van der Waals surface area contributed by atoms with Crippen molar-refractivity contribution in [3.8, 4) is 0 Å². The Hall–Kier alpha value is -1.23. The van der Waals surface area contributed by atoms with Gasteiger partial charge in [-0.2, -0.15) is 0 Å². The minimum absolute atomic E-state index is 0.0306. The molecule has 0 aromatic heterocycles. The highest BCUT2D eigenvalue weighted by atomic mass is 16.5. The molecule has 0 amide bonds. The van der Waals surface area contributed by atoms with E-state index >= 15 is 0 Å². The number of carbonyl (C=O) groups is 2. The molecule has 0 aromatic rings. The summed E-state index contributed by atoms with van der Waals surface area (Å²) in [5.74, 6) is -0.575. The molecule has 0 saturated heterocycles. The van der Waals surface area contributed by atoms with Crippen LogP contribution < -0.4 is 0 Å². The highest BCUT2D eigenvalue weighted by Gasteiger charge is 2.50. The Kier molecular flexibility index (Phi) is 3.00. The number of rotatable bonds is 4. The minimum Gasteiger partial charge on any atom is -0.296 e. The number of ketones is 2. The first-order chi connectivity index (χ1) is 6.59. The molecular formula is C9H14N2O3. The molecule has 0 aromatic carbocycles. The first-order valence-corrected chi connectivity index (χ1v) is 4.64. The number of Topliss-reactive ketones (excluding diaryl/α,β-unsaturated/α-hetero) is 2. The van der Waals surface area contributed by atoms with Crippen LogP contribution in [0.25, 0.3) is 0 Å². The maximum atomic E-state index is 11.6. The van der Waals surface area contributed by atoms with Gasteiger partial charge in [0, 0.05) is 12.8 Å². The van der Waals surface area contributed by atoms with E-state index in [0.29, 0.717) is 5.06 Å². The number of nitrogens with zero attached hydrogens (tertiary/aromatic N) is 2. The predicted octanol–water partition coefficient (Wildman–Crippen LogP) is 0.416. The van der Waals surface area contributed by atoms with Gasteiger partial charge in [0.25, 0.3) is 0 Å². The second-order valence-corrected chi connectivity index (χ2v) is 3.21. The molecule has 1 aliphatic rings. The number of hydrogen-bond acceptors (Lipinski definition) is 5. The number of aliphatic imine (C=N–C) groups is 1. The SMILES string of the molecule is CCC(=O)C1(C(=O)CC)CN=CN1O. The second kappa shape index (κ2) is 3.88. The van der Waals surface area contributed by atoms with Crippen LogP contribution in [-0.4, -0.2) is 40.3 Å². The van der Waals surface area contributed by atoms with Crippen LogP contribution in [0.1, 0.15) is 26.7 Å². The molecule has 0 unspecified atom stereocenters. The van der Waals surface area contributed by atoms with Gasteiger partial charge in [0.1, 0.15) is 6.34 Å². The van der Waals surface area contributed by atoms with Crippen LogP contribution in [0, 0.1) is 0 Å². The van der Waals surface area contributed by atoms with Gasteiger partial charge in [0.05, 0.1) is 6.54 Å². The molecule has 0 atom stereocenters. The number of carbonyl (C=O) groups excluding carboxylic acids is 2. The summed E-state index contributed by atoms with van der Waals surface area (Å²) >= 11 is 0. The molecule has 1 N–H and O–H groups in total. The average Bonchev–Trinajstić information content (AvgIpc) is 2.59. The van der Waals surface area contributed by atoms with Crippen molar-refractivity contribution in [1.29, 1.82) is 0 Å². The van der Waals surface area contributed by atoms with E-state index in [0.717, 1.165) is 6.34 Å². The zero-order chi connectivity index (χ0) is 10.8. The third-order valence-corrected chi connectivity index (χ3v) is 2.47. The fourth-order valence-electron chi connectivity index (χ4n) is 1.59. The molecule has 0 bridgehead atoms. The van der Waals surface area contributed by atoms with Crippen LogP contribution in [0.5, 0.6) is 0 Å². The standard InChI is InChI=1S/C9H14N2O3/c1-3-7(12)9(8(13)4-2)5-10-6-11(9)14/h6,14H,3-5H2,1-2H3. The van der Waals surface area contributed by atoms with Gasteiger partial charge in [0.2, 0.25) is 5.54 Å². The second-order valence-electron chi connectivity index (χ2n) is 3.21. The lowest BCUT2D eigenvalue weighted by atomic mass is 9.86. The predicted molar refractivity (Wildman–Crippen MR) is 50.3 cm³/mol. The van der Waals surface area contributed by atoms with Crippen LogP contribution >= 0.6 is 0 Å². The molecule has 5 nitrogen and oxygen atoms in total. The molecule has 1 aliphatic heterocycles. The van der Waals surface area contributed by atoms with Crippen molar-refractivity contribution in [1.82, 2.24) is 5.06 Å². The molecule has 0 aliphatic carbocycles. The van der Waals surface area contributed by atoms with Crippen molar-refractivity contribution in [2.75, 3.05) is 6.54 Å². The number of hydrogen-bond donors (Lipinski definition) is 1. The van der Waals surface area contributed by atoms with Crippen molar-refractivity contribution in [3.63, 3.8) is 0 Å². The minimum atomic E-state index is -1.44. The fourth-order valence-corrected chi connectivity index (χ4v) is 1.59. The fraction of sp³-hybridized carbons (Fsp3) is 0.667. The zero-order valence-electron chi connectivity index (χ0n) is 8.36. The van der Waals surface area contributed by atoms with E-state index in [-0.39, 0.29) is 31.0 Å². The van der Waals surface area contributed by atoms with Crippen molar-refractivity contribution in [2.45, 2.75) is 32.2 Å². The molecule has 78 valence electrons. The van der Waals surface area contributed by atoms with Crippen LogP contribution in [0.2, 0.25) is 0 Å². The van der Waals surface area contributed by atoms with E-state index in [1.807, 2.05) is 0 Å². The Morgan fingerprint density at radius 3 is 2.21 bits per heavy atom. The summed E-state index contributed by atoms with van der Waals surface area (Å²) in [5, 5.41) is 10.1. The Morgan fingerprint density at radius 2 is 1.93 bits per heavy atom. The molecule has 1 heterocycles. The van der Waals surface area contributed by atoms with Gasteiger partial charge < -0.3 is 0 Å². The monoisotopic (exact) mass is 198 g/mol. The average molecular weight is 198 g/mol. The van der Waals surface area contributed by atoms with Gasteiger partial charge in [-0.25, -0.2) is 5.06 Å². The topological polar surface area (TPSA) is 70.0 Å². The largest absolute Gasteiger partial charge is 0.296 e. The Balaban J connectivity index is 3.03. The Bertz CT molecular complexity index is 270. The highest BCUT2D eigenvalue weighted by Crippen LogP contribution is 2.23. The molecule has 0 saturated carbocycles. The highest BCUT2D eigenvalue weighted by molar-refractivity contribution is 6.13. The molecule has 0 fully saturated rings. The number of hydroxylamine groups is 2. The van der Waals surface area contributed by atoms with E-state index < -0.39 is 5.54 Å². The first-order valence-electron chi connectivity index (χ1n) is 4.64. The molecule has 0 radical (unpaired) electrons. The van der Waals surface area contributed by atoms with Gasteiger partial charge in [0.15, 0.2) is 11.6 Å². The third-order valence-electron chi connectivity index (χ3n) is 2.47. The van der Waals surface area contributed by atoms with E-state index in [1.165, 1.54) is 0 Å². The molecule has 14 heavy (non-hydrogen) atoms. The quantitative estimate of drug-likeness (QED) is 0.664. The van der Waals surface area contributed by atoms with Gasteiger partial charge in [-0.3, -0.25) is 19.8 Å². The van der Waals surface area contributed by atoms with Crippen LogP contribution in [0.3, 0.4) is 0 Å². The Labute approximate surface area is 82.4 Å². The van der Waals surface area contributed by atoms with Crippen molar-refractivity contribution < 1.29 is 14.8 Å². The zero-order valence-corrected chi connectivity index (χ0v) is 8.36. The van der Waals surface area contributed by atoms with Gasteiger partial charge in [-0.15, -0.1) is 0 Å². The van der Waals surface area contributed by atoms with E-state index in [1.54, 1.807) is 13.8 Å². The molecule has 0 spiro atoms. The van der Waals surface area contributed by atoms with E-state index in [2.05, 4.69) is 4.99 Å². The third kappa shape index (κ3) is 1.33.